The number of aliphatic hydroxyl groups excluding tert-OH is 1. The molecule has 0 amide bonds. The Bertz CT molecular complexity index is 939. The van der Waals surface area contributed by atoms with E-state index < -0.39 is 6.10 Å². The molecular weight excluding hydrogens is 388 g/mol. The molecule has 0 radical (unpaired) electrons. The van der Waals surface area contributed by atoms with Crippen LogP contribution in [0.15, 0.2) is 48.9 Å². The van der Waals surface area contributed by atoms with Gasteiger partial charge in [0, 0.05) is 50.7 Å². The molecule has 1 atom stereocenters. The summed E-state index contributed by atoms with van der Waals surface area (Å²) in [5.74, 6) is 0.513. The van der Waals surface area contributed by atoms with E-state index in [-0.39, 0.29) is 0 Å². The predicted octanol–water partition coefficient (Wildman–Crippen LogP) is 2.87. The molecular formula is C21H25ClN6O. The minimum absolute atomic E-state index is 0.513. The lowest BCUT2D eigenvalue weighted by molar-refractivity contribution is 0.139. The van der Waals surface area contributed by atoms with Crippen molar-refractivity contribution in [2.24, 2.45) is 0 Å². The Balaban J connectivity index is 1.31. The number of hydrogen-bond acceptors (Lipinski definition) is 6. The smallest absolute Gasteiger partial charge is 0.250 e. The van der Waals surface area contributed by atoms with Crippen molar-refractivity contribution in [3.63, 3.8) is 0 Å². The van der Waals surface area contributed by atoms with E-state index in [1.165, 1.54) is 0 Å². The molecule has 3 heterocycles. The van der Waals surface area contributed by atoms with Gasteiger partial charge >= 0.3 is 0 Å². The number of piperazine rings is 1. The average Bonchev–Trinajstić information content (AvgIpc) is 3.15. The van der Waals surface area contributed by atoms with Crippen molar-refractivity contribution in [2.75, 3.05) is 37.6 Å². The van der Waals surface area contributed by atoms with Crippen LogP contribution in [0.5, 0.6) is 0 Å². The van der Waals surface area contributed by atoms with Crippen molar-refractivity contribution in [3.8, 4) is 5.95 Å². The summed E-state index contributed by atoms with van der Waals surface area (Å²) in [6.07, 6.45) is 5.18. The van der Waals surface area contributed by atoms with Crippen LogP contribution in [0.3, 0.4) is 0 Å². The van der Waals surface area contributed by atoms with E-state index in [1.807, 2.05) is 25.1 Å². The summed E-state index contributed by atoms with van der Waals surface area (Å²) in [7, 11) is 0. The molecule has 2 aromatic heterocycles. The molecule has 1 aliphatic heterocycles. The topological polar surface area (TPSA) is 70.3 Å². The van der Waals surface area contributed by atoms with Gasteiger partial charge in [0.15, 0.2) is 0 Å². The van der Waals surface area contributed by atoms with Crippen molar-refractivity contribution < 1.29 is 5.11 Å². The number of rotatable bonds is 6. The van der Waals surface area contributed by atoms with E-state index in [0.717, 1.165) is 54.7 Å². The Morgan fingerprint density at radius 2 is 1.79 bits per heavy atom. The van der Waals surface area contributed by atoms with E-state index in [4.69, 9.17) is 11.6 Å². The number of para-hydroxylation sites is 1. The molecule has 0 spiro atoms. The van der Waals surface area contributed by atoms with Crippen LogP contribution in [-0.4, -0.2) is 62.5 Å². The van der Waals surface area contributed by atoms with Gasteiger partial charge in [0.05, 0.1) is 28.7 Å². The van der Waals surface area contributed by atoms with Gasteiger partial charge in [-0.3, -0.25) is 4.90 Å². The van der Waals surface area contributed by atoms with Crippen molar-refractivity contribution in [3.05, 3.63) is 65.2 Å². The fraction of sp³-hybridized carbons (Fsp3) is 0.381. The molecule has 1 fully saturated rings. The standard InChI is InChI=1S/C21H25ClN6O/c1-16-17(15-25-28(16)21-23-8-4-9-24-21)20(29)7-10-26-11-13-27(14-12-26)19-6-3-2-5-18(19)22/h2-6,8-9,15,20,29H,7,10-14H2,1H3. The maximum absolute atomic E-state index is 10.7. The zero-order chi connectivity index (χ0) is 20.2. The molecule has 0 aliphatic carbocycles. The Morgan fingerprint density at radius 1 is 1.07 bits per heavy atom. The second-order valence-corrected chi connectivity index (χ2v) is 7.64. The summed E-state index contributed by atoms with van der Waals surface area (Å²) in [5.41, 5.74) is 2.79. The van der Waals surface area contributed by atoms with Gasteiger partial charge in [0.1, 0.15) is 0 Å². The summed E-state index contributed by atoms with van der Waals surface area (Å²) in [4.78, 5) is 13.2. The highest BCUT2D eigenvalue weighted by Gasteiger charge is 2.21. The molecule has 1 saturated heterocycles. The van der Waals surface area contributed by atoms with Crippen LogP contribution in [0.2, 0.25) is 5.02 Å². The molecule has 4 rings (SSSR count). The fourth-order valence-corrected chi connectivity index (χ4v) is 3.99. The monoisotopic (exact) mass is 412 g/mol. The third kappa shape index (κ3) is 4.42. The molecule has 0 saturated carbocycles. The normalized spacial score (nSPS) is 16.2. The number of aliphatic hydroxyl groups is 1. The molecule has 1 aromatic carbocycles. The van der Waals surface area contributed by atoms with E-state index in [2.05, 4.69) is 30.9 Å². The lowest BCUT2D eigenvalue weighted by Crippen LogP contribution is -2.46. The van der Waals surface area contributed by atoms with Crippen LogP contribution in [0.4, 0.5) is 5.69 Å². The van der Waals surface area contributed by atoms with Crippen LogP contribution in [-0.2, 0) is 0 Å². The van der Waals surface area contributed by atoms with Gasteiger partial charge in [-0.15, -0.1) is 0 Å². The van der Waals surface area contributed by atoms with Gasteiger partial charge in [-0.1, -0.05) is 23.7 Å². The number of nitrogens with zero attached hydrogens (tertiary/aromatic N) is 6. The first-order valence-electron chi connectivity index (χ1n) is 9.85. The minimum Gasteiger partial charge on any atom is -0.388 e. The molecule has 3 aromatic rings. The second-order valence-electron chi connectivity index (χ2n) is 7.23. The van der Waals surface area contributed by atoms with Crippen molar-refractivity contribution >= 4 is 17.3 Å². The zero-order valence-electron chi connectivity index (χ0n) is 16.4. The fourth-order valence-electron chi connectivity index (χ4n) is 3.73. The van der Waals surface area contributed by atoms with Crippen molar-refractivity contribution in [1.29, 1.82) is 0 Å². The van der Waals surface area contributed by atoms with E-state index >= 15 is 0 Å². The van der Waals surface area contributed by atoms with E-state index in [9.17, 15) is 5.11 Å². The molecule has 0 bridgehead atoms. The van der Waals surface area contributed by atoms with Crippen LogP contribution in [0, 0.1) is 6.92 Å². The van der Waals surface area contributed by atoms with Gasteiger partial charge in [-0.25, -0.2) is 14.6 Å². The summed E-state index contributed by atoms with van der Waals surface area (Å²) in [6, 6.07) is 9.75. The zero-order valence-corrected chi connectivity index (χ0v) is 17.2. The summed E-state index contributed by atoms with van der Waals surface area (Å²) < 4.78 is 1.67. The quantitative estimate of drug-likeness (QED) is 0.671. The first-order valence-corrected chi connectivity index (χ1v) is 10.2. The highest BCUT2D eigenvalue weighted by molar-refractivity contribution is 6.33. The predicted molar refractivity (Wildman–Crippen MR) is 114 cm³/mol. The van der Waals surface area contributed by atoms with Gasteiger partial charge < -0.3 is 10.0 Å². The van der Waals surface area contributed by atoms with Gasteiger partial charge in [0.25, 0.3) is 5.95 Å². The Labute approximate surface area is 175 Å². The molecule has 1 unspecified atom stereocenters. The molecule has 1 aliphatic rings. The lowest BCUT2D eigenvalue weighted by Gasteiger charge is -2.36. The highest BCUT2D eigenvalue weighted by Crippen LogP contribution is 2.26. The Hall–Kier alpha value is -2.48. The SMILES string of the molecule is Cc1c(C(O)CCN2CCN(c3ccccc3Cl)CC2)cnn1-c1ncccn1. The summed E-state index contributed by atoms with van der Waals surface area (Å²) in [5, 5.41) is 15.9. The highest BCUT2D eigenvalue weighted by atomic mass is 35.5. The molecule has 152 valence electrons. The Morgan fingerprint density at radius 3 is 2.52 bits per heavy atom. The number of hydrogen-bond donors (Lipinski definition) is 1. The molecule has 29 heavy (non-hydrogen) atoms. The second kappa shape index (κ2) is 8.90. The Kier molecular flexibility index (Phi) is 6.08. The van der Waals surface area contributed by atoms with Crippen LogP contribution >= 0.6 is 11.6 Å². The number of benzene rings is 1. The van der Waals surface area contributed by atoms with Crippen LogP contribution in [0.25, 0.3) is 5.95 Å². The first-order chi connectivity index (χ1) is 14.1. The third-order valence-corrected chi connectivity index (χ3v) is 5.75. The maximum atomic E-state index is 10.7. The lowest BCUT2D eigenvalue weighted by atomic mass is 10.1. The number of aromatic nitrogens is 4. The van der Waals surface area contributed by atoms with E-state index in [0.29, 0.717) is 12.4 Å². The van der Waals surface area contributed by atoms with Crippen LogP contribution in [0.1, 0.15) is 23.8 Å². The third-order valence-electron chi connectivity index (χ3n) is 5.43. The molecule has 8 heteroatoms. The number of anilines is 1. The molecule has 1 N–H and O–H groups in total. The van der Waals surface area contributed by atoms with Gasteiger partial charge in [-0.05, 0) is 31.5 Å². The first kappa shape index (κ1) is 19.8. The van der Waals surface area contributed by atoms with Gasteiger partial charge in [-0.2, -0.15) is 5.10 Å². The van der Waals surface area contributed by atoms with Crippen LogP contribution < -0.4 is 4.90 Å². The largest absolute Gasteiger partial charge is 0.388 e. The van der Waals surface area contributed by atoms with Crippen molar-refractivity contribution in [1.82, 2.24) is 24.6 Å². The molecule has 7 nitrogen and oxygen atoms in total. The summed E-state index contributed by atoms with van der Waals surface area (Å²) >= 11 is 6.32. The number of halogens is 1. The van der Waals surface area contributed by atoms with Gasteiger partial charge in [0.2, 0.25) is 0 Å². The summed E-state index contributed by atoms with van der Waals surface area (Å²) in [6.45, 7) is 6.54. The van der Waals surface area contributed by atoms with E-state index in [1.54, 1.807) is 29.3 Å². The maximum Gasteiger partial charge on any atom is 0.250 e. The van der Waals surface area contributed by atoms with Crippen molar-refractivity contribution in [2.45, 2.75) is 19.4 Å². The minimum atomic E-state index is -0.561. The average molecular weight is 413 g/mol.